The molecule has 3 aliphatic rings. The second kappa shape index (κ2) is 10.9. The van der Waals surface area contributed by atoms with Crippen LogP contribution in [0.5, 0.6) is 5.75 Å². The SMILES string of the molecule is C[C@H]1C[C@@H](CCn2cc(CCO)nn2)O[C@]12C(=O)N(Cc1ccc(N3C(=O)COc4ccccc43)cc1)c1ccccc12. The molecule has 1 N–H and O–H groups in total. The van der Waals surface area contributed by atoms with Gasteiger partial charge in [-0.1, -0.05) is 54.6 Å². The van der Waals surface area contributed by atoms with Crippen LogP contribution < -0.4 is 14.5 Å². The zero-order valence-electron chi connectivity index (χ0n) is 23.9. The third-order valence-corrected chi connectivity index (χ3v) is 8.70. The van der Waals surface area contributed by atoms with E-state index in [2.05, 4.69) is 17.2 Å². The Kier molecular flexibility index (Phi) is 6.95. The number of anilines is 3. The molecule has 3 aromatic carbocycles. The van der Waals surface area contributed by atoms with Crippen molar-refractivity contribution in [3.63, 3.8) is 0 Å². The lowest BCUT2D eigenvalue weighted by Crippen LogP contribution is -2.43. The van der Waals surface area contributed by atoms with E-state index in [1.807, 2.05) is 83.9 Å². The molecule has 4 aromatic rings. The number of aliphatic hydroxyl groups excluding tert-OH is 1. The first-order chi connectivity index (χ1) is 21.0. The van der Waals surface area contributed by atoms with E-state index >= 15 is 0 Å². The van der Waals surface area contributed by atoms with Crippen molar-refractivity contribution < 1.29 is 24.2 Å². The highest BCUT2D eigenvalue weighted by molar-refractivity contribution is 6.07. The van der Waals surface area contributed by atoms with Gasteiger partial charge >= 0.3 is 0 Å². The molecule has 10 heteroatoms. The number of aliphatic hydroxyl groups is 1. The summed E-state index contributed by atoms with van der Waals surface area (Å²) in [5, 5.41) is 17.4. The lowest BCUT2D eigenvalue weighted by atomic mass is 9.83. The van der Waals surface area contributed by atoms with Crippen LogP contribution in [0.25, 0.3) is 0 Å². The topological polar surface area (TPSA) is 110 Å². The van der Waals surface area contributed by atoms with Gasteiger partial charge in [0.15, 0.2) is 12.2 Å². The van der Waals surface area contributed by atoms with Crippen LogP contribution in [0.3, 0.4) is 0 Å². The molecule has 1 saturated heterocycles. The van der Waals surface area contributed by atoms with Crippen LogP contribution in [0.1, 0.15) is 36.6 Å². The van der Waals surface area contributed by atoms with Crippen molar-refractivity contribution in [1.82, 2.24) is 15.0 Å². The maximum absolute atomic E-state index is 14.3. The normalized spacial score (nSPS) is 22.7. The predicted molar refractivity (Wildman–Crippen MR) is 159 cm³/mol. The molecule has 43 heavy (non-hydrogen) atoms. The molecule has 0 saturated carbocycles. The Balaban J connectivity index is 1.10. The Morgan fingerprint density at radius 2 is 1.77 bits per heavy atom. The molecule has 0 radical (unpaired) electrons. The van der Waals surface area contributed by atoms with Gasteiger partial charge in [0.1, 0.15) is 5.75 Å². The molecule has 1 fully saturated rings. The van der Waals surface area contributed by atoms with Crippen LogP contribution in [0, 0.1) is 5.92 Å². The summed E-state index contributed by atoms with van der Waals surface area (Å²) in [5.41, 5.74) is 3.92. The minimum atomic E-state index is -1.03. The van der Waals surface area contributed by atoms with Crippen molar-refractivity contribution >= 4 is 28.9 Å². The number of nitrogens with zero attached hydrogens (tertiary/aromatic N) is 5. The Morgan fingerprint density at radius 1 is 1.00 bits per heavy atom. The average molecular weight is 580 g/mol. The largest absolute Gasteiger partial charge is 0.482 e. The number of para-hydroxylation sites is 3. The molecule has 0 aliphatic carbocycles. The van der Waals surface area contributed by atoms with Crippen molar-refractivity contribution in [2.75, 3.05) is 23.0 Å². The maximum Gasteiger partial charge on any atom is 0.269 e. The molecule has 220 valence electrons. The summed E-state index contributed by atoms with van der Waals surface area (Å²) in [7, 11) is 0. The smallest absolute Gasteiger partial charge is 0.269 e. The number of hydrogen-bond donors (Lipinski definition) is 1. The van der Waals surface area contributed by atoms with Gasteiger partial charge in [-0.2, -0.15) is 0 Å². The van der Waals surface area contributed by atoms with Crippen LogP contribution in [0.2, 0.25) is 0 Å². The molecular weight excluding hydrogens is 546 g/mol. The molecule has 1 aromatic heterocycles. The van der Waals surface area contributed by atoms with Crippen molar-refractivity contribution in [3.05, 3.63) is 95.8 Å². The highest BCUT2D eigenvalue weighted by Gasteiger charge is 2.59. The third kappa shape index (κ3) is 4.67. The summed E-state index contributed by atoms with van der Waals surface area (Å²) in [6.07, 6.45) is 3.68. The fraction of sp³-hybridized carbons (Fsp3) is 0.333. The van der Waals surface area contributed by atoms with E-state index in [1.54, 1.807) is 9.58 Å². The minimum Gasteiger partial charge on any atom is -0.482 e. The van der Waals surface area contributed by atoms with E-state index in [0.29, 0.717) is 37.4 Å². The van der Waals surface area contributed by atoms with Crippen molar-refractivity contribution in [2.45, 2.75) is 51.0 Å². The summed E-state index contributed by atoms with van der Waals surface area (Å²) < 4.78 is 14.1. The number of carbonyl (C=O) groups is 2. The van der Waals surface area contributed by atoms with E-state index in [-0.39, 0.29) is 37.0 Å². The molecule has 0 unspecified atom stereocenters. The number of rotatable bonds is 8. The maximum atomic E-state index is 14.3. The molecule has 2 amide bonds. The van der Waals surface area contributed by atoms with E-state index in [4.69, 9.17) is 14.6 Å². The zero-order valence-corrected chi connectivity index (χ0v) is 23.9. The number of aryl methyl sites for hydroxylation is 1. The molecule has 1 spiro atoms. The Morgan fingerprint density at radius 3 is 2.58 bits per heavy atom. The monoisotopic (exact) mass is 579 g/mol. The molecule has 4 heterocycles. The standard InChI is InChI=1S/C33H33N5O5/c1-22-18-26(14-16-36-20-24(15-17-39)34-35-36)43-33(22)27-6-2-3-7-28(27)37(32(33)41)19-23-10-12-25(13-11-23)38-29-8-4-5-9-30(29)42-21-31(38)40/h2-13,20,22,26,39H,14-19,21H2,1H3/t22-,26+,33+/m0/s1. The number of carbonyl (C=O) groups excluding carboxylic acids is 2. The zero-order chi connectivity index (χ0) is 29.6. The van der Waals surface area contributed by atoms with E-state index in [1.165, 1.54) is 0 Å². The van der Waals surface area contributed by atoms with Crippen molar-refractivity contribution in [1.29, 1.82) is 0 Å². The van der Waals surface area contributed by atoms with Crippen LogP contribution in [-0.4, -0.2) is 51.2 Å². The second-order valence-electron chi connectivity index (χ2n) is 11.4. The molecule has 3 atom stereocenters. The summed E-state index contributed by atoms with van der Waals surface area (Å²) >= 11 is 0. The van der Waals surface area contributed by atoms with Gasteiger partial charge in [0, 0.05) is 42.9 Å². The lowest BCUT2D eigenvalue weighted by molar-refractivity contribution is -0.146. The predicted octanol–water partition coefficient (Wildman–Crippen LogP) is 4.13. The summed E-state index contributed by atoms with van der Waals surface area (Å²) in [5.74, 6) is 0.489. The number of aromatic nitrogens is 3. The molecule has 7 rings (SSSR count). The first kappa shape index (κ1) is 27.3. The number of hydrogen-bond acceptors (Lipinski definition) is 7. The van der Waals surface area contributed by atoms with Gasteiger partial charge in [-0.05, 0) is 48.7 Å². The van der Waals surface area contributed by atoms with Gasteiger partial charge in [0.2, 0.25) is 0 Å². The van der Waals surface area contributed by atoms with Gasteiger partial charge in [-0.25, -0.2) is 0 Å². The van der Waals surface area contributed by atoms with E-state index in [9.17, 15) is 9.59 Å². The fourth-order valence-corrected chi connectivity index (χ4v) is 6.63. The lowest BCUT2D eigenvalue weighted by Gasteiger charge is -2.29. The van der Waals surface area contributed by atoms with E-state index in [0.717, 1.165) is 34.6 Å². The molecule has 3 aliphatic heterocycles. The number of benzene rings is 3. The number of fused-ring (bicyclic) bond motifs is 3. The number of amides is 2. The molecular formula is C33H33N5O5. The molecule has 10 nitrogen and oxygen atoms in total. The van der Waals surface area contributed by atoms with Gasteiger partial charge < -0.3 is 19.5 Å². The van der Waals surface area contributed by atoms with Crippen LogP contribution in [-0.2, 0) is 39.4 Å². The van der Waals surface area contributed by atoms with Crippen molar-refractivity contribution in [3.8, 4) is 5.75 Å². The van der Waals surface area contributed by atoms with E-state index < -0.39 is 5.60 Å². The van der Waals surface area contributed by atoms with Crippen LogP contribution >= 0.6 is 0 Å². The Hall–Kier alpha value is -4.54. The highest BCUT2D eigenvalue weighted by Crippen LogP contribution is 2.53. The summed E-state index contributed by atoms with van der Waals surface area (Å²) in [6.45, 7) is 3.13. The minimum absolute atomic E-state index is 0.00776. The second-order valence-corrected chi connectivity index (χ2v) is 11.4. The van der Waals surface area contributed by atoms with Crippen LogP contribution in [0.15, 0.2) is 79.0 Å². The fourth-order valence-electron chi connectivity index (χ4n) is 6.63. The first-order valence-electron chi connectivity index (χ1n) is 14.7. The average Bonchev–Trinajstić information content (AvgIpc) is 3.69. The quantitative estimate of drug-likeness (QED) is 0.334. The Bertz CT molecular complexity index is 1670. The highest BCUT2D eigenvalue weighted by atomic mass is 16.5. The number of ether oxygens (including phenoxy) is 2. The van der Waals surface area contributed by atoms with Gasteiger partial charge in [-0.3, -0.25) is 19.2 Å². The summed E-state index contributed by atoms with van der Waals surface area (Å²) in [4.78, 5) is 30.6. The first-order valence-corrected chi connectivity index (χ1v) is 14.7. The van der Waals surface area contributed by atoms with Gasteiger partial charge in [-0.15, -0.1) is 5.10 Å². The molecule has 0 bridgehead atoms. The van der Waals surface area contributed by atoms with Crippen molar-refractivity contribution in [2.24, 2.45) is 5.92 Å². The third-order valence-electron chi connectivity index (χ3n) is 8.70. The van der Waals surface area contributed by atoms with Gasteiger partial charge in [0.25, 0.3) is 11.8 Å². The Labute approximate surface area is 249 Å². The van der Waals surface area contributed by atoms with Crippen LogP contribution in [0.4, 0.5) is 17.1 Å². The summed E-state index contributed by atoms with van der Waals surface area (Å²) in [6, 6.07) is 23.2. The van der Waals surface area contributed by atoms with Gasteiger partial charge in [0.05, 0.1) is 29.7 Å².